The van der Waals surface area contributed by atoms with Gasteiger partial charge in [0.2, 0.25) is 0 Å². The fourth-order valence-corrected chi connectivity index (χ4v) is 3.50. The lowest BCUT2D eigenvalue weighted by atomic mass is 9.78. The molecule has 0 radical (unpaired) electrons. The second-order valence-corrected chi connectivity index (χ2v) is 6.78. The van der Waals surface area contributed by atoms with E-state index < -0.39 is 0 Å². The number of hydrogen-bond donors (Lipinski definition) is 0. The van der Waals surface area contributed by atoms with Gasteiger partial charge in [0.25, 0.3) is 0 Å². The van der Waals surface area contributed by atoms with E-state index in [9.17, 15) is 4.79 Å². The normalized spacial score (nSPS) is 26.9. The molecule has 1 aromatic heterocycles. The minimum absolute atomic E-state index is 0.425. The van der Waals surface area contributed by atoms with E-state index in [1.807, 2.05) is 6.20 Å². The lowest BCUT2D eigenvalue weighted by molar-refractivity contribution is -0.122. The van der Waals surface area contributed by atoms with Crippen LogP contribution in [0.2, 0.25) is 0 Å². The highest BCUT2D eigenvalue weighted by Crippen LogP contribution is 2.32. The Hall–Kier alpha value is -0.220. The maximum Gasteiger partial charge on any atom is 0.133 e. The van der Waals surface area contributed by atoms with Crippen LogP contribution in [0.15, 0.2) is 9.98 Å². The van der Waals surface area contributed by atoms with Crippen LogP contribution in [0.5, 0.6) is 0 Å². The summed E-state index contributed by atoms with van der Waals surface area (Å²) in [7, 11) is 0. The largest absolute Gasteiger partial charge is 0.300 e. The first kappa shape index (κ1) is 11.3. The van der Waals surface area contributed by atoms with Gasteiger partial charge < -0.3 is 0 Å². The number of halogens is 1. The van der Waals surface area contributed by atoms with Crippen LogP contribution >= 0.6 is 27.3 Å². The third kappa shape index (κ3) is 2.88. The molecule has 2 atom stereocenters. The molecule has 2 rings (SSSR count). The Balaban J connectivity index is 2.01. The van der Waals surface area contributed by atoms with Gasteiger partial charge in [0, 0.05) is 19.3 Å². The molecule has 2 unspecified atom stereocenters. The van der Waals surface area contributed by atoms with Crippen molar-refractivity contribution in [1.29, 1.82) is 0 Å². The van der Waals surface area contributed by atoms with Gasteiger partial charge in [-0.2, -0.15) is 0 Å². The second-order valence-electron chi connectivity index (χ2n) is 4.28. The minimum Gasteiger partial charge on any atom is -0.300 e. The maximum absolute atomic E-state index is 11.4. The molecule has 0 aromatic carbocycles. The van der Waals surface area contributed by atoms with Crippen LogP contribution in [0.1, 0.15) is 31.2 Å². The Kier molecular flexibility index (Phi) is 3.57. The van der Waals surface area contributed by atoms with E-state index in [2.05, 4.69) is 27.8 Å². The van der Waals surface area contributed by atoms with Crippen LogP contribution in [-0.4, -0.2) is 10.8 Å². The monoisotopic (exact) mass is 287 g/mol. The highest BCUT2D eigenvalue weighted by Gasteiger charge is 2.26. The Morgan fingerprint density at radius 2 is 2.47 bits per heavy atom. The average Bonchev–Trinajstić information content (AvgIpc) is 2.58. The molecule has 2 nitrogen and oxygen atoms in total. The molecule has 15 heavy (non-hydrogen) atoms. The number of carbonyl (C=O) groups excluding carboxylic acids is 1. The first-order valence-corrected chi connectivity index (χ1v) is 6.88. The van der Waals surface area contributed by atoms with Crippen molar-refractivity contribution in [3.63, 3.8) is 0 Å². The average molecular weight is 288 g/mol. The van der Waals surface area contributed by atoms with E-state index in [-0.39, 0.29) is 0 Å². The highest BCUT2D eigenvalue weighted by atomic mass is 79.9. The van der Waals surface area contributed by atoms with Gasteiger partial charge in [-0.05, 0) is 34.2 Å². The number of Topliss-reactive ketones (excluding diaryl/α,β-unsaturated/α-hetero) is 1. The zero-order chi connectivity index (χ0) is 10.8. The number of aromatic nitrogens is 1. The van der Waals surface area contributed by atoms with Gasteiger partial charge in [0.05, 0.1) is 15.0 Å². The van der Waals surface area contributed by atoms with Gasteiger partial charge in [0.15, 0.2) is 0 Å². The summed E-state index contributed by atoms with van der Waals surface area (Å²) < 4.78 is 1.08. The van der Waals surface area contributed by atoms with Crippen LogP contribution in [0, 0.1) is 11.8 Å². The van der Waals surface area contributed by atoms with Crippen LogP contribution in [0.25, 0.3) is 0 Å². The van der Waals surface area contributed by atoms with E-state index in [1.165, 1.54) is 0 Å². The zero-order valence-electron chi connectivity index (χ0n) is 8.70. The van der Waals surface area contributed by atoms with E-state index in [4.69, 9.17) is 0 Å². The number of nitrogens with zero attached hydrogens (tertiary/aromatic N) is 1. The minimum atomic E-state index is 0.425. The number of ketones is 1. The van der Waals surface area contributed by atoms with Crippen molar-refractivity contribution >= 4 is 33.0 Å². The molecule has 0 spiro atoms. The molecule has 1 saturated carbocycles. The molecular weight excluding hydrogens is 274 g/mol. The predicted octanol–water partition coefficient (Wildman–Crippen LogP) is 3.45. The van der Waals surface area contributed by atoms with Crippen molar-refractivity contribution in [1.82, 2.24) is 4.98 Å². The first-order chi connectivity index (χ1) is 7.15. The van der Waals surface area contributed by atoms with Crippen molar-refractivity contribution in [2.75, 3.05) is 0 Å². The van der Waals surface area contributed by atoms with E-state index in [1.54, 1.807) is 11.3 Å². The molecule has 0 N–H and O–H groups in total. The van der Waals surface area contributed by atoms with Crippen LogP contribution in [0.3, 0.4) is 0 Å². The third-order valence-corrected chi connectivity index (χ3v) is 4.63. The molecule has 0 aliphatic heterocycles. The quantitative estimate of drug-likeness (QED) is 0.834. The Bertz CT molecular complexity index is 363. The van der Waals surface area contributed by atoms with Crippen molar-refractivity contribution < 1.29 is 4.79 Å². The van der Waals surface area contributed by atoms with Crippen LogP contribution < -0.4 is 0 Å². The Morgan fingerprint density at radius 1 is 1.67 bits per heavy atom. The summed E-state index contributed by atoms with van der Waals surface area (Å²) in [4.78, 5) is 15.7. The second kappa shape index (κ2) is 4.74. The molecule has 4 heteroatoms. The summed E-state index contributed by atoms with van der Waals surface area (Å²) in [5.74, 6) is 1.59. The predicted molar refractivity (Wildman–Crippen MR) is 65.0 cm³/mol. The summed E-state index contributed by atoms with van der Waals surface area (Å²) in [6.45, 7) is 2.25. The molecule has 1 aromatic rings. The molecule has 0 bridgehead atoms. The van der Waals surface area contributed by atoms with Crippen LogP contribution in [0.4, 0.5) is 0 Å². The molecule has 0 amide bonds. The van der Waals surface area contributed by atoms with Crippen molar-refractivity contribution in [3.8, 4) is 0 Å². The van der Waals surface area contributed by atoms with Gasteiger partial charge in [-0.25, -0.2) is 4.98 Å². The van der Waals surface area contributed by atoms with Gasteiger partial charge in [-0.1, -0.05) is 6.92 Å². The molecule has 82 valence electrons. The van der Waals surface area contributed by atoms with Crippen LogP contribution in [-0.2, 0) is 11.2 Å². The van der Waals surface area contributed by atoms with Gasteiger partial charge in [-0.3, -0.25) is 4.79 Å². The number of rotatable bonds is 2. The molecule has 1 fully saturated rings. The van der Waals surface area contributed by atoms with E-state index in [0.717, 1.165) is 34.5 Å². The first-order valence-electron chi connectivity index (χ1n) is 5.27. The molecule has 1 heterocycles. The molecule has 1 aliphatic carbocycles. The fourth-order valence-electron chi connectivity index (χ4n) is 2.10. The van der Waals surface area contributed by atoms with E-state index in [0.29, 0.717) is 17.6 Å². The topological polar surface area (TPSA) is 30.0 Å². The standard InChI is InChI=1S/C11H14BrNOS/c1-7-2-3-9(14)4-8(7)5-11-13-6-10(12)15-11/h6-8H,2-5H2,1H3. The van der Waals surface area contributed by atoms with Crippen molar-refractivity contribution in [3.05, 3.63) is 15.0 Å². The lowest BCUT2D eigenvalue weighted by Gasteiger charge is -2.27. The van der Waals surface area contributed by atoms with Gasteiger partial charge in [0.1, 0.15) is 5.78 Å². The SMILES string of the molecule is CC1CCC(=O)CC1Cc1ncc(Br)s1. The summed E-state index contributed by atoms with van der Waals surface area (Å²) in [6, 6.07) is 0. The Morgan fingerprint density at radius 3 is 3.13 bits per heavy atom. The lowest BCUT2D eigenvalue weighted by Crippen LogP contribution is -2.24. The molecule has 1 aliphatic rings. The fraction of sp³-hybridized carbons (Fsp3) is 0.636. The summed E-state index contributed by atoms with van der Waals surface area (Å²) in [5.41, 5.74) is 0. The third-order valence-electron chi connectivity index (χ3n) is 3.14. The smallest absolute Gasteiger partial charge is 0.133 e. The summed E-state index contributed by atoms with van der Waals surface area (Å²) >= 11 is 5.09. The zero-order valence-corrected chi connectivity index (χ0v) is 11.1. The summed E-state index contributed by atoms with van der Waals surface area (Å²) in [5, 5.41) is 1.15. The highest BCUT2D eigenvalue weighted by molar-refractivity contribution is 9.11. The van der Waals surface area contributed by atoms with Crippen molar-refractivity contribution in [2.45, 2.75) is 32.6 Å². The number of hydrogen-bond acceptors (Lipinski definition) is 3. The molecular formula is C11H14BrNOS. The van der Waals surface area contributed by atoms with Gasteiger partial charge in [-0.15, -0.1) is 11.3 Å². The van der Waals surface area contributed by atoms with Gasteiger partial charge >= 0.3 is 0 Å². The molecule has 0 saturated heterocycles. The number of thiazole rings is 1. The number of carbonyl (C=O) groups is 1. The van der Waals surface area contributed by atoms with Crippen molar-refractivity contribution in [2.24, 2.45) is 11.8 Å². The van der Waals surface area contributed by atoms with E-state index >= 15 is 0 Å². The Labute approximate surface area is 102 Å². The maximum atomic E-state index is 11.4. The summed E-state index contributed by atoms with van der Waals surface area (Å²) in [6.07, 6.45) is 5.38.